The van der Waals surface area contributed by atoms with Crippen molar-refractivity contribution in [2.24, 2.45) is 16.3 Å². The first kappa shape index (κ1) is 16.1. The second kappa shape index (κ2) is 7.67. The lowest BCUT2D eigenvalue weighted by molar-refractivity contribution is 0.0277. The van der Waals surface area contributed by atoms with Crippen LogP contribution in [0.4, 0.5) is 0 Å². The summed E-state index contributed by atoms with van der Waals surface area (Å²) in [4.78, 5) is 4.34. The molecule has 2 N–H and O–H groups in total. The topological polar surface area (TPSA) is 45.7 Å². The standard InChI is InChI=1S/C18H33N3O/c1-19-17(21-14-18(10-11-18)15-8-9-15)20-12-5-13-22-16-6-3-2-4-7-16/h15-16H,2-14H2,1H3,(H2,19,20,21). The van der Waals surface area contributed by atoms with Crippen LogP contribution in [0.5, 0.6) is 0 Å². The fourth-order valence-corrected chi connectivity index (χ4v) is 3.83. The van der Waals surface area contributed by atoms with Gasteiger partial charge < -0.3 is 15.4 Å². The van der Waals surface area contributed by atoms with E-state index in [1.54, 1.807) is 0 Å². The monoisotopic (exact) mass is 307 g/mol. The normalized spacial score (nSPS) is 25.0. The van der Waals surface area contributed by atoms with Gasteiger partial charge in [0.25, 0.3) is 0 Å². The Bertz CT molecular complexity index is 369. The highest BCUT2D eigenvalue weighted by molar-refractivity contribution is 5.79. The highest BCUT2D eigenvalue weighted by Crippen LogP contribution is 2.60. The van der Waals surface area contributed by atoms with Crippen LogP contribution in [0.15, 0.2) is 4.99 Å². The van der Waals surface area contributed by atoms with Crippen LogP contribution in [0, 0.1) is 11.3 Å². The van der Waals surface area contributed by atoms with E-state index >= 15 is 0 Å². The van der Waals surface area contributed by atoms with Gasteiger partial charge in [0.2, 0.25) is 0 Å². The quantitative estimate of drug-likeness (QED) is 0.411. The molecule has 3 fully saturated rings. The summed E-state index contributed by atoms with van der Waals surface area (Å²) >= 11 is 0. The third-order valence-electron chi connectivity index (χ3n) is 5.69. The third kappa shape index (κ3) is 4.61. The summed E-state index contributed by atoms with van der Waals surface area (Å²) in [6, 6.07) is 0. The van der Waals surface area contributed by atoms with Crippen LogP contribution in [0.1, 0.15) is 64.2 Å². The molecule has 0 heterocycles. The summed E-state index contributed by atoms with van der Waals surface area (Å²) < 4.78 is 5.96. The molecule has 0 aromatic carbocycles. The Hall–Kier alpha value is -0.770. The van der Waals surface area contributed by atoms with Crippen molar-refractivity contribution >= 4 is 5.96 Å². The zero-order valence-electron chi connectivity index (χ0n) is 14.2. The van der Waals surface area contributed by atoms with Crippen molar-refractivity contribution in [1.29, 1.82) is 0 Å². The van der Waals surface area contributed by atoms with Crippen LogP contribution >= 0.6 is 0 Å². The van der Waals surface area contributed by atoms with Gasteiger partial charge in [-0.05, 0) is 56.3 Å². The number of hydrogen-bond donors (Lipinski definition) is 2. The molecular weight excluding hydrogens is 274 g/mol. The van der Waals surface area contributed by atoms with Gasteiger partial charge in [0.15, 0.2) is 5.96 Å². The Morgan fingerprint density at radius 1 is 1.09 bits per heavy atom. The molecular formula is C18H33N3O. The Morgan fingerprint density at radius 2 is 1.86 bits per heavy atom. The second-order valence-corrected chi connectivity index (χ2v) is 7.47. The maximum Gasteiger partial charge on any atom is 0.190 e. The van der Waals surface area contributed by atoms with Crippen LogP contribution < -0.4 is 10.6 Å². The van der Waals surface area contributed by atoms with E-state index in [0.29, 0.717) is 11.5 Å². The number of guanidine groups is 1. The van der Waals surface area contributed by atoms with Crippen LogP contribution in [-0.4, -0.2) is 38.8 Å². The van der Waals surface area contributed by atoms with E-state index in [2.05, 4.69) is 15.6 Å². The first-order chi connectivity index (χ1) is 10.8. The van der Waals surface area contributed by atoms with Gasteiger partial charge in [0, 0.05) is 26.7 Å². The van der Waals surface area contributed by atoms with E-state index in [-0.39, 0.29) is 0 Å². The molecule has 0 aromatic rings. The van der Waals surface area contributed by atoms with Crippen LogP contribution in [0.2, 0.25) is 0 Å². The minimum Gasteiger partial charge on any atom is -0.378 e. The fraction of sp³-hybridized carbons (Fsp3) is 0.944. The van der Waals surface area contributed by atoms with Crippen molar-refractivity contribution in [2.75, 3.05) is 26.7 Å². The van der Waals surface area contributed by atoms with Gasteiger partial charge in [-0.15, -0.1) is 0 Å². The van der Waals surface area contributed by atoms with Crippen molar-refractivity contribution in [1.82, 2.24) is 10.6 Å². The summed E-state index contributed by atoms with van der Waals surface area (Å²) in [7, 11) is 1.87. The van der Waals surface area contributed by atoms with Gasteiger partial charge in [-0.2, -0.15) is 0 Å². The van der Waals surface area contributed by atoms with Gasteiger partial charge >= 0.3 is 0 Å². The van der Waals surface area contributed by atoms with Gasteiger partial charge in [0.05, 0.1) is 6.10 Å². The van der Waals surface area contributed by atoms with Crippen molar-refractivity contribution in [3.8, 4) is 0 Å². The van der Waals surface area contributed by atoms with Gasteiger partial charge in [-0.25, -0.2) is 0 Å². The average Bonchev–Trinajstić information content (AvgIpc) is 3.44. The molecule has 3 aliphatic rings. The smallest absolute Gasteiger partial charge is 0.190 e. The number of nitrogens with zero attached hydrogens (tertiary/aromatic N) is 1. The number of ether oxygens (including phenoxy) is 1. The van der Waals surface area contributed by atoms with Gasteiger partial charge in [-0.3, -0.25) is 4.99 Å². The lowest BCUT2D eigenvalue weighted by Crippen LogP contribution is -2.41. The first-order valence-electron chi connectivity index (χ1n) is 9.38. The van der Waals surface area contributed by atoms with E-state index in [0.717, 1.165) is 38.0 Å². The highest BCUT2D eigenvalue weighted by atomic mass is 16.5. The van der Waals surface area contributed by atoms with E-state index in [1.165, 1.54) is 57.8 Å². The molecule has 0 radical (unpaired) electrons. The molecule has 22 heavy (non-hydrogen) atoms. The Morgan fingerprint density at radius 3 is 2.50 bits per heavy atom. The summed E-state index contributed by atoms with van der Waals surface area (Å²) in [6.07, 6.45) is 13.9. The molecule has 0 aliphatic heterocycles. The average molecular weight is 307 g/mol. The van der Waals surface area contributed by atoms with E-state index in [1.807, 2.05) is 7.05 Å². The van der Waals surface area contributed by atoms with E-state index in [4.69, 9.17) is 4.74 Å². The minimum absolute atomic E-state index is 0.527. The molecule has 0 amide bonds. The Kier molecular flexibility index (Phi) is 5.61. The fourth-order valence-electron chi connectivity index (χ4n) is 3.83. The molecule has 0 aromatic heterocycles. The third-order valence-corrected chi connectivity index (χ3v) is 5.69. The lowest BCUT2D eigenvalue weighted by Gasteiger charge is -2.22. The molecule has 126 valence electrons. The minimum atomic E-state index is 0.527. The Balaban J connectivity index is 1.24. The molecule has 0 atom stereocenters. The summed E-state index contributed by atoms with van der Waals surface area (Å²) in [5.41, 5.74) is 0.627. The Labute approximate surface area is 135 Å². The molecule has 4 nitrogen and oxygen atoms in total. The van der Waals surface area contributed by atoms with Crippen molar-refractivity contribution in [3.05, 3.63) is 0 Å². The predicted molar refractivity (Wildman–Crippen MR) is 91.2 cm³/mol. The largest absolute Gasteiger partial charge is 0.378 e. The zero-order chi connectivity index (χ0) is 15.3. The van der Waals surface area contributed by atoms with Gasteiger partial charge in [0.1, 0.15) is 0 Å². The van der Waals surface area contributed by atoms with Gasteiger partial charge in [-0.1, -0.05) is 19.3 Å². The summed E-state index contributed by atoms with van der Waals surface area (Å²) in [5.74, 6) is 1.96. The molecule has 0 spiro atoms. The van der Waals surface area contributed by atoms with Crippen LogP contribution in [0.3, 0.4) is 0 Å². The van der Waals surface area contributed by atoms with Crippen molar-refractivity contribution in [3.63, 3.8) is 0 Å². The maximum atomic E-state index is 5.96. The molecule has 3 saturated carbocycles. The SMILES string of the molecule is CN=C(NCCCOC1CCCCC1)NCC1(C2CC2)CC1. The number of aliphatic imine (C=N–C) groups is 1. The molecule has 0 bridgehead atoms. The number of rotatable bonds is 8. The van der Waals surface area contributed by atoms with Crippen molar-refractivity contribution in [2.45, 2.75) is 70.3 Å². The van der Waals surface area contributed by atoms with Crippen molar-refractivity contribution < 1.29 is 4.74 Å². The van der Waals surface area contributed by atoms with E-state index < -0.39 is 0 Å². The second-order valence-electron chi connectivity index (χ2n) is 7.47. The predicted octanol–water partition coefficient (Wildman–Crippen LogP) is 3.08. The zero-order valence-corrected chi connectivity index (χ0v) is 14.2. The van der Waals surface area contributed by atoms with Crippen LogP contribution in [-0.2, 0) is 4.74 Å². The molecule has 3 aliphatic carbocycles. The lowest BCUT2D eigenvalue weighted by atomic mass is 9.98. The maximum absolute atomic E-state index is 5.96. The molecule has 3 rings (SSSR count). The summed E-state index contributed by atoms with van der Waals surface area (Å²) in [6.45, 7) is 2.93. The molecule has 0 saturated heterocycles. The number of nitrogens with one attached hydrogen (secondary N) is 2. The summed E-state index contributed by atoms with van der Waals surface area (Å²) in [5, 5.41) is 6.96. The van der Waals surface area contributed by atoms with E-state index in [9.17, 15) is 0 Å². The molecule has 0 unspecified atom stereocenters. The number of hydrogen-bond acceptors (Lipinski definition) is 2. The van der Waals surface area contributed by atoms with Crippen LogP contribution in [0.25, 0.3) is 0 Å². The molecule has 4 heteroatoms. The highest BCUT2D eigenvalue weighted by Gasteiger charge is 2.53. The first-order valence-corrected chi connectivity index (χ1v) is 9.38.